The SMILES string of the molecule is [C-]#[N+]c1ccc2c(cnn2CCC(=O)OCC)c1. The number of aromatic nitrogens is 2. The Hall–Kier alpha value is -2.35. The van der Waals surface area contributed by atoms with E-state index in [-0.39, 0.29) is 5.97 Å². The Balaban J connectivity index is 2.15. The van der Waals surface area contributed by atoms with Gasteiger partial charge in [-0.15, -0.1) is 0 Å². The van der Waals surface area contributed by atoms with E-state index < -0.39 is 0 Å². The summed E-state index contributed by atoms with van der Waals surface area (Å²) in [6.07, 6.45) is 2.00. The molecule has 5 nitrogen and oxygen atoms in total. The molecule has 0 aliphatic carbocycles. The Morgan fingerprint density at radius 3 is 3.11 bits per heavy atom. The number of rotatable bonds is 4. The van der Waals surface area contributed by atoms with Gasteiger partial charge in [0.05, 0.1) is 37.9 Å². The van der Waals surface area contributed by atoms with Crippen LogP contribution >= 0.6 is 0 Å². The number of hydrogen-bond acceptors (Lipinski definition) is 3. The van der Waals surface area contributed by atoms with Crippen LogP contribution in [0, 0.1) is 6.57 Å². The van der Waals surface area contributed by atoms with Crippen LogP contribution in [0.4, 0.5) is 5.69 Å². The van der Waals surface area contributed by atoms with Crippen LogP contribution in [-0.2, 0) is 16.1 Å². The average molecular weight is 243 g/mol. The molecule has 0 amide bonds. The molecule has 0 N–H and O–H groups in total. The standard InChI is InChI=1S/C13H13N3O2/c1-3-18-13(17)6-7-16-12-5-4-11(14-2)8-10(12)9-15-16/h4-5,8-9H,3,6-7H2,1H3. The third-order valence-corrected chi connectivity index (χ3v) is 2.59. The van der Waals surface area contributed by atoms with Gasteiger partial charge in [0, 0.05) is 5.39 Å². The Bertz CT molecular complexity index is 610. The summed E-state index contributed by atoms with van der Waals surface area (Å²) in [5, 5.41) is 5.12. The van der Waals surface area contributed by atoms with Crippen LogP contribution in [-0.4, -0.2) is 22.4 Å². The van der Waals surface area contributed by atoms with Crippen LogP contribution in [0.25, 0.3) is 15.7 Å². The van der Waals surface area contributed by atoms with E-state index in [1.807, 2.05) is 6.07 Å². The lowest BCUT2D eigenvalue weighted by atomic mass is 10.2. The first kappa shape index (κ1) is 12.1. The van der Waals surface area contributed by atoms with E-state index >= 15 is 0 Å². The molecule has 0 saturated carbocycles. The van der Waals surface area contributed by atoms with E-state index in [2.05, 4.69) is 9.94 Å². The summed E-state index contributed by atoms with van der Waals surface area (Å²) in [7, 11) is 0. The van der Waals surface area contributed by atoms with Gasteiger partial charge >= 0.3 is 5.97 Å². The molecule has 0 aliphatic rings. The number of carbonyl (C=O) groups excluding carboxylic acids is 1. The molecule has 1 heterocycles. The fraction of sp³-hybridized carbons (Fsp3) is 0.308. The quantitative estimate of drug-likeness (QED) is 0.612. The number of fused-ring (bicyclic) bond motifs is 1. The lowest BCUT2D eigenvalue weighted by Gasteiger charge is -2.03. The second-order valence-electron chi connectivity index (χ2n) is 3.78. The third kappa shape index (κ3) is 2.48. The first-order valence-electron chi connectivity index (χ1n) is 5.73. The van der Waals surface area contributed by atoms with E-state index in [1.165, 1.54) is 0 Å². The summed E-state index contributed by atoms with van der Waals surface area (Å²) in [5.41, 5.74) is 1.51. The highest BCUT2D eigenvalue weighted by atomic mass is 16.5. The number of esters is 1. The number of carbonyl (C=O) groups is 1. The van der Waals surface area contributed by atoms with Gasteiger partial charge in [-0.1, -0.05) is 6.07 Å². The minimum Gasteiger partial charge on any atom is -0.466 e. The Morgan fingerprint density at radius 1 is 1.56 bits per heavy atom. The third-order valence-electron chi connectivity index (χ3n) is 2.59. The predicted molar refractivity (Wildman–Crippen MR) is 67.2 cm³/mol. The zero-order valence-electron chi connectivity index (χ0n) is 10.1. The molecule has 0 aliphatic heterocycles. The molecule has 0 saturated heterocycles. The van der Waals surface area contributed by atoms with Crippen LogP contribution < -0.4 is 0 Å². The van der Waals surface area contributed by atoms with Gasteiger partial charge in [-0.05, 0) is 19.1 Å². The fourth-order valence-electron chi connectivity index (χ4n) is 1.75. The van der Waals surface area contributed by atoms with Crippen LogP contribution in [0.3, 0.4) is 0 Å². The van der Waals surface area contributed by atoms with Gasteiger partial charge in [0.15, 0.2) is 5.69 Å². The number of nitrogens with zero attached hydrogens (tertiary/aromatic N) is 3. The highest BCUT2D eigenvalue weighted by Crippen LogP contribution is 2.21. The van der Waals surface area contributed by atoms with E-state index in [0.717, 1.165) is 10.9 Å². The Kier molecular flexibility index (Phi) is 3.58. The molecule has 2 aromatic rings. The van der Waals surface area contributed by atoms with Gasteiger partial charge in [-0.2, -0.15) is 5.10 Å². The van der Waals surface area contributed by atoms with Crippen molar-refractivity contribution in [3.63, 3.8) is 0 Å². The van der Waals surface area contributed by atoms with Gasteiger partial charge in [0.1, 0.15) is 0 Å². The van der Waals surface area contributed by atoms with Crippen LogP contribution in [0.15, 0.2) is 24.4 Å². The second-order valence-corrected chi connectivity index (χ2v) is 3.78. The van der Waals surface area contributed by atoms with Gasteiger partial charge in [0.2, 0.25) is 0 Å². The number of aryl methyl sites for hydroxylation is 1. The summed E-state index contributed by atoms with van der Waals surface area (Å²) in [5.74, 6) is -0.223. The monoisotopic (exact) mass is 243 g/mol. The minimum absolute atomic E-state index is 0.223. The summed E-state index contributed by atoms with van der Waals surface area (Å²) < 4.78 is 6.62. The topological polar surface area (TPSA) is 48.5 Å². The molecule has 18 heavy (non-hydrogen) atoms. The van der Waals surface area contributed by atoms with Crippen molar-refractivity contribution >= 4 is 22.6 Å². The predicted octanol–water partition coefficient (Wildman–Crippen LogP) is 2.54. The number of benzene rings is 1. The van der Waals surface area contributed by atoms with Crippen LogP contribution in [0.5, 0.6) is 0 Å². The molecule has 92 valence electrons. The molecule has 1 aromatic heterocycles. The smallest absolute Gasteiger partial charge is 0.307 e. The zero-order valence-corrected chi connectivity index (χ0v) is 10.1. The van der Waals surface area contributed by atoms with Crippen molar-refractivity contribution in [3.8, 4) is 0 Å². The molecular weight excluding hydrogens is 230 g/mol. The molecule has 0 atom stereocenters. The lowest BCUT2D eigenvalue weighted by Crippen LogP contribution is -2.09. The molecule has 1 aromatic carbocycles. The Morgan fingerprint density at radius 2 is 2.39 bits per heavy atom. The highest BCUT2D eigenvalue weighted by molar-refractivity contribution is 5.82. The van der Waals surface area contributed by atoms with E-state index in [1.54, 1.807) is 29.9 Å². The first-order valence-corrected chi connectivity index (χ1v) is 5.73. The van der Waals surface area contributed by atoms with Crippen molar-refractivity contribution in [2.24, 2.45) is 0 Å². The van der Waals surface area contributed by atoms with Crippen molar-refractivity contribution in [2.75, 3.05) is 6.61 Å². The van der Waals surface area contributed by atoms with Crippen molar-refractivity contribution in [3.05, 3.63) is 35.8 Å². The maximum atomic E-state index is 11.3. The van der Waals surface area contributed by atoms with Gasteiger partial charge in [-0.3, -0.25) is 9.48 Å². The van der Waals surface area contributed by atoms with Crippen molar-refractivity contribution in [1.29, 1.82) is 0 Å². The molecule has 5 heteroatoms. The highest BCUT2D eigenvalue weighted by Gasteiger charge is 2.06. The summed E-state index contributed by atoms with van der Waals surface area (Å²) in [6, 6.07) is 5.38. The van der Waals surface area contributed by atoms with Crippen molar-refractivity contribution < 1.29 is 9.53 Å². The van der Waals surface area contributed by atoms with Crippen LogP contribution in [0.1, 0.15) is 13.3 Å². The zero-order chi connectivity index (χ0) is 13.0. The molecule has 0 spiro atoms. The maximum Gasteiger partial charge on any atom is 0.307 e. The lowest BCUT2D eigenvalue weighted by molar-refractivity contribution is -0.143. The largest absolute Gasteiger partial charge is 0.466 e. The minimum atomic E-state index is -0.223. The summed E-state index contributed by atoms with van der Waals surface area (Å²) in [6.45, 7) is 9.61. The molecular formula is C13H13N3O2. The molecule has 0 unspecified atom stereocenters. The maximum absolute atomic E-state index is 11.3. The van der Waals surface area contributed by atoms with E-state index in [4.69, 9.17) is 11.3 Å². The second kappa shape index (κ2) is 5.32. The van der Waals surface area contributed by atoms with Gasteiger partial charge < -0.3 is 4.74 Å². The molecule has 0 radical (unpaired) electrons. The van der Waals surface area contributed by atoms with Crippen LogP contribution in [0.2, 0.25) is 0 Å². The Labute approximate surface area is 105 Å². The number of hydrogen-bond donors (Lipinski definition) is 0. The first-order chi connectivity index (χ1) is 8.74. The molecule has 0 fully saturated rings. The normalized spacial score (nSPS) is 10.2. The summed E-state index contributed by atoms with van der Waals surface area (Å²) in [4.78, 5) is 14.6. The fourth-order valence-corrected chi connectivity index (χ4v) is 1.75. The van der Waals surface area contributed by atoms with Crippen molar-refractivity contribution in [2.45, 2.75) is 19.9 Å². The van der Waals surface area contributed by atoms with Gasteiger partial charge in [0.25, 0.3) is 0 Å². The van der Waals surface area contributed by atoms with E-state index in [0.29, 0.717) is 25.3 Å². The average Bonchev–Trinajstić information content (AvgIpc) is 2.78. The van der Waals surface area contributed by atoms with Crippen molar-refractivity contribution in [1.82, 2.24) is 9.78 Å². The summed E-state index contributed by atoms with van der Waals surface area (Å²) >= 11 is 0. The molecule has 0 bridgehead atoms. The van der Waals surface area contributed by atoms with E-state index in [9.17, 15) is 4.79 Å². The number of ether oxygens (including phenoxy) is 1. The molecule has 2 rings (SSSR count). The van der Waals surface area contributed by atoms with Gasteiger partial charge in [-0.25, -0.2) is 4.85 Å².